The highest BCUT2D eigenvalue weighted by Gasteiger charge is 2.28. The fourth-order valence-electron chi connectivity index (χ4n) is 3.73. The zero-order valence-corrected chi connectivity index (χ0v) is 18.0. The van der Waals surface area contributed by atoms with Crippen LogP contribution in [0.2, 0.25) is 0 Å². The second-order valence-corrected chi connectivity index (χ2v) is 7.72. The second kappa shape index (κ2) is 9.01. The number of aromatic nitrogens is 2. The number of carbonyl (C=O) groups is 3. The maximum Gasteiger partial charge on any atom is 0.248 e. The topological polar surface area (TPSA) is 84.3 Å². The third-order valence-electron chi connectivity index (χ3n) is 5.47. The lowest BCUT2D eigenvalue weighted by Crippen LogP contribution is -2.28. The molecule has 2 aromatic carbocycles. The van der Waals surface area contributed by atoms with Gasteiger partial charge in [0.1, 0.15) is 0 Å². The number of hydrogen-bond acceptors (Lipinski definition) is 4. The molecule has 2 heterocycles. The van der Waals surface area contributed by atoms with Gasteiger partial charge in [-0.15, -0.1) is 0 Å². The molecule has 1 fully saturated rings. The van der Waals surface area contributed by atoms with Gasteiger partial charge in [-0.3, -0.25) is 19.3 Å². The summed E-state index contributed by atoms with van der Waals surface area (Å²) in [6.45, 7) is 4.15. The molecule has 0 unspecified atom stereocenters. The highest BCUT2D eigenvalue weighted by molar-refractivity contribution is 6.02. The summed E-state index contributed by atoms with van der Waals surface area (Å²) in [6, 6.07) is 17.0. The summed E-state index contributed by atoms with van der Waals surface area (Å²) in [5, 5.41) is 7.41. The van der Waals surface area contributed by atoms with E-state index in [9.17, 15) is 14.4 Å². The number of hydrogen-bond donors (Lipinski definition) is 1. The van der Waals surface area contributed by atoms with E-state index in [4.69, 9.17) is 0 Å². The van der Waals surface area contributed by atoms with Crippen molar-refractivity contribution in [2.24, 2.45) is 0 Å². The molecule has 0 aliphatic carbocycles. The minimum absolute atomic E-state index is 0.140. The molecule has 0 saturated carbocycles. The minimum atomic E-state index is -0.256. The van der Waals surface area contributed by atoms with E-state index in [1.54, 1.807) is 30.3 Å². The summed E-state index contributed by atoms with van der Waals surface area (Å²) in [6.07, 6.45) is 3.82. The monoisotopic (exact) mass is 428 g/mol. The van der Waals surface area contributed by atoms with Crippen LogP contribution in [0.25, 0.3) is 11.8 Å². The SMILES string of the molecule is Cc1nn(-c2ccccc2)c(C)c1/C=C/C(=O)Nc1ccc(CN2C(=O)CCC2=O)cc1. The Kier molecular flexibility index (Phi) is 5.98. The van der Waals surface area contributed by atoms with Gasteiger partial charge in [0.25, 0.3) is 0 Å². The number of amides is 3. The van der Waals surface area contributed by atoms with Crippen LogP contribution in [0, 0.1) is 13.8 Å². The van der Waals surface area contributed by atoms with Gasteiger partial charge < -0.3 is 5.32 Å². The summed E-state index contributed by atoms with van der Waals surface area (Å²) < 4.78 is 1.86. The summed E-state index contributed by atoms with van der Waals surface area (Å²) in [4.78, 5) is 37.2. The predicted molar refractivity (Wildman–Crippen MR) is 122 cm³/mol. The van der Waals surface area contributed by atoms with Crippen molar-refractivity contribution in [3.05, 3.63) is 83.2 Å². The number of rotatable bonds is 6. The molecule has 0 atom stereocenters. The van der Waals surface area contributed by atoms with Crippen LogP contribution < -0.4 is 5.32 Å². The first kappa shape index (κ1) is 21.2. The lowest BCUT2D eigenvalue weighted by molar-refractivity contribution is -0.139. The standard InChI is InChI=1S/C25H24N4O3/c1-17-22(18(2)29(27-17)21-6-4-3-5-7-21)12-13-23(30)26-20-10-8-19(9-11-20)16-28-24(31)14-15-25(28)32/h3-13H,14-16H2,1-2H3,(H,26,30)/b13-12+. The van der Waals surface area contributed by atoms with Crippen molar-refractivity contribution < 1.29 is 14.4 Å². The van der Waals surface area contributed by atoms with Gasteiger partial charge in [0.05, 0.1) is 17.9 Å². The van der Waals surface area contributed by atoms with Gasteiger partial charge in [0.15, 0.2) is 0 Å². The Hall–Kier alpha value is -4.00. The van der Waals surface area contributed by atoms with Crippen LogP contribution in [-0.4, -0.2) is 32.4 Å². The first-order valence-electron chi connectivity index (χ1n) is 10.5. The largest absolute Gasteiger partial charge is 0.323 e. The number of nitrogens with zero attached hydrogens (tertiary/aromatic N) is 3. The van der Waals surface area contributed by atoms with Gasteiger partial charge in [-0.2, -0.15) is 5.10 Å². The van der Waals surface area contributed by atoms with Crippen molar-refractivity contribution in [2.45, 2.75) is 33.2 Å². The molecule has 1 aromatic heterocycles. The highest BCUT2D eigenvalue weighted by Crippen LogP contribution is 2.20. The number of imide groups is 1. The molecule has 7 nitrogen and oxygen atoms in total. The number of nitrogens with one attached hydrogen (secondary N) is 1. The summed E-state index contributed by atoms with van der Waals surface area (Å²) in [7, 11) is 0. The van der Waals surface area contributed by atoms with Gasteiger partial charge in [0, 0.05) is 35.9 Å². The lowest BCUT2D eigenvalue weighted by atomic mass is 10.1. The first-order valence-corrected chi connectivity index (χ1v) is 10.5. The Labute approximate surface area is 186 Å². The van der Waals surface area contributed by atoms with E-state index in [1.165, 1.54) is 11.0 Å². The first-order chi connectivity index (χ1) is 15.4. The second-order valence-electron chi connectivity index (χ2n) is 7.72. The van der Waals surface area contributed by atoms with Crippen molar-refractivity contribution >= 4 is 29.5 Å². The molecule has 1 N–H and O–H groups in total. The smallest absolute Gasteiger partial charge is 0.248 e. The molecular weight excluding hydrogens is 404 g/mol. The van der Waals surface area contributed by atoms with E-state index in [0.717, 1.165) is 28.2 Å². The van der Waals surface area contributed by atoms with Crippen molar-refractivity contribution in [3.63, 3.8) is 0 Å². The maximum atomic E-state index is 12.4. The molecule has 0 radical (unpaired) electrons. The van der Waals surface area contributed by atoms with Crippen molar-refractivity contribution in [3.8, 4) is 5.69 Å². The number of aryl methyl sites for hydroxylation is 1. The zero-order chi connectivity index (χ0) is 22.7. The zero-order valence-electron chi connectivity index (χ0n) is 18.0. The molecule has 3 amide bonds. The predicted octanol–water partition coefficient (Wildman–Crippen LogP) is 3.79. The fraction of sp³-hybridized carbons (Fsp3) is 0.200. The van der Waals surface area contributed by atoms with Crippen molar-refractivity contribution in [2.75, 3.05) is 5.32 Å². The normalized spacial score (nSPS) is 13.9. The quantitative estimate of drug-likeness (QED) is 0.478. The van der Waals surface area contributed by atoms with Crippen LogP contribution in [0.15, 0.2) is 60.7 Å². The molecule has 1 saturated heterocycles. The van der Waals surface area contributed by atoms with Crippen LogP contribution in [0.3, 0.4) is 0 Å². The Morgan fingerprint density at radius 2 is 1.66 bits per heavy atom. The molecule has 0 spiro atoms. The highest BCUT2D eigenvalue weighted by atomic mass is 16.2. The van der Waals surface area contributed by atoms with Crippen LogP contribution in [0.1, 0.15) is 35.4 Å². The Morgan fingerprint density at radius 1 is 1.00 bits per heavy atom. The molecule has 4 rings (SSSR count). The summed E-state index contributed by atoms with van der Waals surface area (Å²) in [5.41, 5.74) is 5.13. The number of anilines is 1. The van der Waals surface area contributed by atoms with E-state index in [0.29, 0.717) is 5.69 Å². The third kappa shape index (κ3) is 4.51. The van der Waals surface area contributed by atoms with Crippen molar-refractivity contribution in [1.29, 1.82) is 0 Å². The third-order valence-corrected chi connectivity index (χ3v) is 5.47. The maximum absolute atomic E-state index is 12.4. The number of benzene rings is 2. The average Bonchev–Trinajstić information content (AvgIpc) is 3.26. The van der Waals surface area contributed by atoms with E-state index >= 15 is 0 Å². The van der Waals surface area contributed by atoms with Crippen LogP contribution >= 0.6 is 0 Å². The minimum Gasteiger partial charge on any atom is -0.323 e. The summed E-state index contributed by atoms with van der Waals surface area (Å²) in [5.74, 6) is -0.536. The Morgan fingerprint density at radius 3 is 2.31 bits per heavy atom. The van der Waals surface area contributed by atoms with Gasteiger partial charge in [-0.25, -0.2) is 4.68 Å². The Bertz CT molecular complexity index is 1180. The van der Waals surface area contributed by atoms with Gasteiger partial charge in [0.2, 0.25) is 17.7 Å². The number of likely N-dealkylation sites (tertiary alicyclic amines) is 1. The molecule has 7 heteroatoms. The van der Waals surface area contributed by atoms with Crippen LogP contribution in [-0.2, 0) is 20.9 Å². The van der Waals surface area contributed by atoms with Crippen LogP contribution in [0.5, 0.6) is 0 Å². The summed E-state index contributed by atoms with van der Waals surface area (Å²) >= 11 is 0. The fourth-order valence-corrected chi connectivity index (χ4v) is 3.73. The van der Waals surface area contributed by atoms with Crippen LogP contribution in [0.4, 0.5) is 5.69 Å². The molecule has 3 aromatic rings. The van der Waals surface area contributed by atoms with Gasteiger partial charge in [-0.05, 0) is 49.8 Å². The number of carbonyl (C=O) groups excluding carboxylic acids is 3. The molecular formula is C25H24N4O3. The van der Waals surface area contributed by atoms with E-state index < -0.39 is 0 Å². The van der Waals surface area contributed by atoms with E-state index in [1.807, 2.05) is 48.9 Å². The number of para-hydroxylation sites is 1. The van der Waals surface area contributed by atoms with E-state index in [-0.39, 0.29) is 37.1 Å². The van der Waals surface area contributed by atoms with Gasteiger partial charge in [-0.1, -0.05) is 30.3 Å². The molecule has 1 aliphatic rings. The molecule has 0 bridgehead atoms. The molecule has 32 heavy (non-hydrogen) atoms. The van der Waals surface area contributed by atoms with E-state index in [2.05, 4.69) is 10.4 Å². The Balaban J connectivity index is 1.40. The molecule has 1 aliphatic heterocycles. The van der Waals surface area contributed by atoms with Gasteiger partial charge >= 0.3 is 0 Å². The molecule has 162 valence electrons. The lowest BCUT2D eigenvalue weighted by Gasteiger charge is -2.14. The average molecular weight is 428 g/mol. The van der Waals surface area contributed by atoms with Crippen molar-refractivity contribution in [1.82, 2.24) is 14.7 Å².